The average molecular weight is 418 g/mol. The summed E-state index contributed by atoms with van der Waals surface area (Å²) in [6.07, 6.45) is 0. The lowest BCUT2D eigenvalue weighted by Crippen LogP contribution is -2.42. The van der Waals surface area contributed by atoms with Crippen molar-refractivity contribution in [1.29, 1.82) is 0 Å². The number of halogens is 1. The van der Waals surface area contributed by atoms with E-state index in [1.54, 1.807) is 60.9 Å². The number of rotatable bonds is 7. The fraction of sp³-hybridized carbons (Fsp3) is 0.333. The number of hydrogen-bond acceptors (Lipinski definition) is 5. The van der Waals surface area contributed by atoms with Gasteiger partial charge in [-0.15, -0.1) is 0 Å². The number of carbonyl (C=O) groups excluding carboxylic acids is 1. The molecule has 0 spiro atoms. The van der Waals surface area contributed by atoms with Crippen molar-refractivity contribution in [2.75, 3.05) is 26.0 Å². The van der Waals surface area contributed by atoms with E-state index in [1.165, 1.54) is 0 Å². The molecular formula is C21H24ClN3O4. The number of oxazole rings is 1. The van der Waals surface area contributed by atoms with Gasteiger partial charge in [-0.3, -0.25) is 9.36 Å². The van der Waals surface area contributed by atoms with Crippen LogP contribution < -0.4 is 15.8 Å². The highest BCUT2D eigenvalue weighted by Crippen LogP contribution is 2.23. The van der Waals surface area contributed by atoms with Crippen molar-refractivity contribution in [1.82, 2.24) is 9.47 Å². The highest BCUT2D eigenvalue weighted by Gasteiger charge is 2.30. The van der Waals surface area contributed by atoms with Crippen molar-refractivity contribution in [3.63, 3.8) is 0 Å². The summed E-state index contributed by atoms with van der Waals surface area (Å²) in [5.74, 6) is -0.202. The first-order chi connectivity index (χ1) is 13.7. The lowest BCUT2D eigenvalue weighted by atomic mass is 10.1. The van der Waals surface area contributed by atoms with Crippen LogP contribution in [0.2, 0.25) is 5.02 Å². The Morgan fingerprint density at radius 2 is 1.90 bits per heavy atom. The van der Waals surface area contributed by atoms with Gasteiger partial charge in [0.2, 0.25) is 0 Å². The molecule has 2 aromatic carbocycles. The Kier molecular flexibility index (Phi) is 6.00. The maximum Gasteiger partial charge on any atom is 0.419 e. The van der Waals surface area contributed by atoms with Gasteiger partial charge in [0.25, 0.3) is 5.91 Å². The Bertz CT molecular complexity index is 1070. The topological polar surface area (TPSA) is 76.7 Å². The van der Waals surface area contributed by atoms with E-state index in [2.05, 4.69) is 5.32 Å². The van der Waals surface area contributed by atoms with Crippen LogP contribution in [0.25, 0.3) is 11.1 Å². The number of hydrogen-bond donors (Lipinski definition) is 1. The predicted molar refractivity (Wildman–Crippen MR) is 114 cm³/mol. The van der Waals surface area contributed by atoms with Crippen LogP contribution in [0.15, 0.2) is 51.7 Å². The molecule has 0 aliphatic heterocycles. The molecule has 0 bridgehead atoms. The molecule has 0 saturated heterocycles. The SMILES string of the molecule is CN(C)CCn1c(=O)oc2ccc(NC(=O)C(C)(C)Oc3ccc(Cl)cc3)cc21. The quantitative estimate of drug-likeness (QED) is 0.635. The van der Waals surface area contributed by atoms with Crippen LogP contribution in [-0.4, -0.2) is 41.6 Å². The number of nitrogens with one attached hydrogen (secondary N) is 1. The fourth-order valence-corrected chi connectivity index (χ4v) is 2.90. The summed E-state index contributed by atoms with van der Waals surface area (Å²) in [5.41, 5.74) is 0.535. The fourth-order valence-electron chi connectivity index (χ4n) is 2.78. The Hall–Kier alpha value is -2.77. The Balaban J connectivity index is 1.79. The van der Waals surface area contributed by atoms with Gasteiger partial charge in [0.05, 0.1) is 5.52 Å². The maximum absolute atomic E-state index is 12.8. The number of nitrogens with zero attached hydrogens (tertiary/aromatic N) is 2. The zero-order valence-corrected chi connectivity index (χ0v) is 17.6. The molecule has 3 rings (SSSR count). The summed E-state index contributed by atoms with van der Waals surface area (Å²) in [7, 11) is 3.86. The van der Waals surface area contributed by atoms with Gasteiger partial charge in [0.1, 0.15) is 5.75 Å². The number of aromatic nitrogens is 1. The normalized spacial score (nSPS) is 11.8. The molecule has 154 valence electrons. The largest absolute Gasteiger partial charge is 0.478 e. The number of ether oxygens (including phenoxy) is 1. The maximum atomic E-state index is 12.8. The summed E-state index contributed by atoms with van der Waals surface area (Å²) in [5, 5.41) is 3.44. The summed E-state index contributed by atoms with van der Waals surface area (Å²) in [4.78, 5) is 26.9. The van der Waals surface area contributed by atoms with Gasteiger partial charge in [-0.05, 0) is 70.4 Å². The number of fused-ring (bicyclic) bond motifs is 1. The second kappa shape index (κ2) is 8.31. The summed E-state index contributed by atoms with van der Waals surface area (Å²) in [6.45, 7) is 4.54. The molecule has 7 nitrogen and oxygen atoms in total. The molecule has 8 heteroatoms. The number of benzene rings is 2. The monoisotopic (exact) mass is 417 g/mol. The van der Waals surface area contributed by atoms with Crippen LogP contribution in [-0.2, 0) is 11.3 Å². The standard InChI is InChI=1S/C21H24ClN3O4/c1-21(2,29-16-8-5-14(22)6-9-16)19(26)23-15-7-10-18-17(13-15)25(20(27)28-18)12-11-24(3)4/h5-10,13H,11-12H2,1-4H3,(H,23,26). The lowest BCUT2D eigenvalue weighted by Gasteiger charge is -2.25. The number of anilines is 1. The minimum absolute atomic E-state index is 0.322. The summed E-state index contributed by atoms with van der Waals surface area (Å²) >= 11 is 5.89. The van der Waals surface area contributed by atoms with E-state index in [9.17, 15) is 9.59 Å². The Morgan fingerprint density at radius 3 is 2.55 bits per heavy atom. The zero-order valence-electron chi connectivity index (χ0n) is 16.9. The third-order valence-corrected chi connectivity index (χ3v) is 4.68. The van der Waals surface area contributed by atoms with E-state index in [0.717, 1.165) is 0 Å². The van der Waals surface area contributed by atoms with Gasteiger partial charge in [-0.2, -0.15) is 0 Å². The molecule has 1 heterocycles. The summed E-state index contributed by atoms with van der Waals surface area (Å²) < 4.78 is 12.7. The van der Waals surface area contributed by atoms with Crippen LogP contribution in [0.1, 0.15) is 13.8 Å². The number of likely N-dealkylation sites (N-methyl/N-ethyl adjacent to an activating group) is 1. The molecule has 1 aromatic heterocycles. The summed E-state index contributed by atoms with van der Waals surface area (Å²) in [6, 6.07) is 11.9. The molecule has 0 unspecified atom stereocenters. The highest BCUT2D eigenvalue weighted by atomic mass is 35.5. The van der Waals surface area contributed by atoms with Crippen LogP contribution in [0.3, 0.4) is 0 Å². The predicted octanol–water partition coefficient (Wildman–Crippen LogP) is 3.61. The van der Waals surface area contributed by atoms with Gasteiger partial charge in [-0.25, -0.2) is 4.79 Å². The van der Waals surface area contributed by atoms with Crippen LogP contribution >= 0.6 is 11.6 Å². The van der Waals surface area contributed by atoms with Crippen LogP contribution in [0.5, 0.6) is 5.75 Å². The molecule has 0 aliphatic carbocycles. The Morgan fingerprint density at radius 1 is 1.21 bits per heavy atom. The van der Waals surface area contributed by atoms with Gasteiger partial charge in [-0.1, -0.05) is 11.6 Å². The van der Waals surface area contributed by atoms with Crippen molar-refractivity contribution >= 4 is 34.3 Å². The van der Waals surface area contributed by atoms with E-state index in [-0.39, 0.29) is 5.91 Å². The van der Waals surface area contributed by atoms with E-state index in [1.807, 2.05) is 19.0 Å². The van der Waals surface area contributed by atoms with Gasteiger partial charge >= 0.3 is 5.76 Å². The molecule has 0 fully saturated rings. The smallest absolute Gasteiger partial charge is 0.419 e. The molecule has 1 N–H and O–H groups in total. The van der Waals surface area contributed by atoms with E-state index in [0.29, 0.717) is 40.6 Å². The lowest BCUT2D eigenvalue weighted by molar-refractivity contribution is -0.128. The first-order valence-electron chi connectivity index (χ1n) is 9.20. The van der Waals surface area contributed by atoms with Crippen molar-refractivity contribution in [3.8, 4) is 5.75 Å². The zero-order chi connectivity index (χ0) is 21.2. The third kappa shape index (κ3) is 4.99. The average Bonchev–Trinajstić information content (AvgIpc) is 2.96. The van der Waals surface area contributed by atoms with E-state index < -0.39 is 11.4 Å². The third-order valence-electron chi connectivity index (χ3n) is 4.43. The molecule has 29 heavy (non-hydrogen) atoms. The molecule has 0 radical (unpaired) electrons. The number of carbonyl (C=O) groups is 1. The number of amides is 1. The first kappa shape index (κ1) is 21.0. The second-order valence-corrected chi connectivity index (χ2v) is 7.96. The second-order valence-electron chi connectivity index (χ2n) is 7.53. The molecule has 0 aliphatic rings. The molecule has 0 saturated carbocycles. The van der Waals surface area contributed by atoms with Crippen LogP contribution in [0.4, 0.5) is 5.69 Å². The van der Waals surface area contributed by atoms with Crippen molar-refractivity contribution < 1.29 is 13.9 Å². The molecular weight excluding hydrogens is 394 g/mol. The first-order valence-corrected chi connectivity index (χ1v) is 9.58. The van der Waals surface area contributed by atoms with Crippen LogP contribution in [0, 0.1) is 0 Å². The van der Waals surface area contributed by atoms with Crippen molar-refractivity contribution in [3.05, 3.63) is 58.0 Å². The van der Waals surface area contributed by atoms with Gasteiger partial charge < -0.3 is 19.4 Å². The van der Waals surface area contributed by atoms with Gasteiger partial charge in [0.15, 0.2) is 11.2 Å². The Labute approximate surface area is 173 Å². The minimum Gasteiger partial charge on any atom is -0.478 e. The van der Waals surface area contributed by atoms with E-state index >= 15 is 0 Å². The van der Waals surface area contributed by atoms with Crippen molar-refractivity contribution in [2.45, 2.75) is 26.0 Å². The highest BCUT2D eigenvalue weighted by molar-refractivity contribution is 6.30. The molecule has 3 aromatic rings. The molecule has 0 atom stereocenters. The van der Waals surface area contributed by atoms with Crippen molar-refractivity contribution in [2.24, 2.45) is 0 Å². The van der Waals surface area contributed by atoms with E-state index in [4.69, 9.17) is 20.8 Å². The minimum atomic E-state index is -1.12. The van der Waals surface area contributed by atoms with Gasteiger partial charge in [0, 0.05) is 23.8 Å². The molecule has 1 amide bonds.